The molecule has 3 rings (SSSR count). The fraction of sp³-hybridized carbons (Fsp3) is 0. The Kier molecular flexibility index (Phi) is 2.49. The number of aromatic nitrogens is 3. The average Bonchev–Trinajstić information content (AvgIpc) is 2.44. The Morgan fingerprint density at radius 1 is 1.16 bits per heavy atom. The Balaban J connectivity index is 2.33. The summed E-state index contributed by atoms with van der Waals surface area (Å²) in [5.74, 6) is 5.62. The van der Waals surface area contributed by atoms with Crippen molar-refractivity contribution in [2.24, 2.45) is 0 Å². The molecule has 1 aromatic carbocycles. The standard InChI is InChI=1S/C13H9FN4O/c14-9-5-3-8(4-6-9)12-17-11-10(2-1-7-16-11)13(19)18(12)15/h1-7H,15H2. The number of hydrogen-bond donors (Lipinski definition) is 1. The highest BCUT2D eigenvalue weighted by Crippen LogP contribution is 2.16. The summed E-state index contributed by atoms with van der Waals surface area (Å²) in [4.78, 5) is 20.3. The summed E-state index contributed by atoms with van der Waals surface area (Å²) in [5, 5.41) is 0.343. The number of pyridine rings is 1. The van der Waals surface area contributed by atoms with Gasteiger partial charge in [0, 0.05) is 11.8 Å². The topological polar surface area (TPSA) is 73.8 Å². The molecule has 19 heavy (non-hydrogen) atoms. The van der Waals surface area contributed by atoms with Crippen molar-refractivity contribution in [2.45, 2.75) is 0 Å². The number of nitrogens with zero attached hydrogens (tertiary/aromatic N) is 3. The van der Waals surface area contributed by atoms with Crippen molar-refractivity contribution in [1.29, 1.82) is 0 Å². The van der Waals surface area contributed by atoms with E-state index in [1.54, 1.807) is 18.3 Å². The first-order valence-electron chi connectivity index (χ1n) is 5.55. The molecule has 0 aliphatic rings. The van der Waals surface area contributed by atoms with E-state index in [1.807, 2.05) is 0 Å². The zero-order valence-electron chi connectivity index (χ0n) is 9.75. The molecule has 0 saturated heterocycles. The molecule has 0 spiro atoms. The van der Waals surface area contributed by atoms with Crippen LogP contribution < -0.4 is 11.4 Å². The summed E-state index contributed by atoms with van der Waals surface area (Å²) in [6.45, 7) is 0. The Labute approximate surface area is 107 Å². The second kappa shape index (κ2) is 4.16. The lowest BCUT2D eigenvalue weighted by atomic mass is 10.2. The molecule has 0 aliphatic carbocycles. The van der Waals surface area contributed by atoms with Crippen LogP contribution in [0, 0.1) is 5.82 Å². The van der Waals surface area contributed by atoms with Crippen molar-refractivity contribution in [3.05, 3.63) is 58.8 Å². The average molecular weight is 256 g/mol. The van der Waals surface area contributed by atoms with Gasteiger partial charge in [-0.2, -0.15) is 0 Å². The minimum absolute atomic E-state index is 0.246. The molecule has 0 fully saturated rings. The highest BCUT2D eigenvalue weighted by molar-refractivity contribution is 5.75. The van der Waals surface area contributed by atoms with Gasteiger partial charge >= 0.3 is 0 Å². The molecule has 0 radical (unpaired) electrons. The number of rotatable bonds is 1. The molecule has 0 atom stereocenters. The molecular weight excluding hydrogens is 247 g/mol. The lowest BCUT2D eigenvalue weighted by Gasteiger charge is -2.08. The van der Waals surface area contributed by atoms with Gasteiger partial charge < -0.3 is 5.84 Å². The van der Waals surface area contributed by atoms with Crippen molar-refractivity contribution in [2.75, 3.05) is 5.84 Å². The lowest BCUT2D eigenvalue weighted by Crippen LogP contribution is -2.30. The highest BCUT2D eigenvalue weighted by atomic mass is 19.1. The lowest BCUT2D eigenvalue weighted by molar-refractivity contribution is 0.628. The minimum Gasteiger partial charge on any atom is -0.334 e. The smallest absolute Gasteiger partial charge is 0.281 e. The summed E-state index contributed by atoms with van der Waals surface area (Å²) in [7, 11) is 0. The number of halogens is 1. The number of hydrogen-bond acceptors (Lipinski definition) is 4. The maximum Gasteiger partial charge on any atom is 0.281 e. The molecule has 0 aliphatic heterocycles. The molecule has 2 N–H and O–H groups in total. The van der Waals surface area contributed by atoms with Crippen molar-refractivity contribution in [3.8, 4) is 11.4 Å². The van der Waals surface area contributed by atoms with Crippen molar-refractivity contribution in [1.82, 2.24) is 14.6 Å². The van der Waals surface area contributed by atoms with E-state index in [0.29, 0.717) is 16.6 Å². The molecule has 6 heteroatoms. The van der Waals surface area contributed by atoms with E-state index >= 15 is 0 Å². The Morgan fingerprint density at radius 3 is 2.63 bits per heavy atom. The van der Waals surface area contributed by atoms with Crippen LogP contribution in [0.25, 0.3) is 22.4 Å². The van der Waals surface area contributed by atoms with E-state index in [1.165, 1.54) is 24.3 Å². The molecule has 0 amide bonds. The first kappa shape index (κ1) is 11.3. The summed E-state index contributed by atoms with van der Waals surface area (Å²) in [6, 6.07) is 8.83. The first-order chi connectivity index (χ1) is 9.16. The van der Waals surface area contributed by atoms with E-state index in [2.05, 4.69) is 9.97 Å². The molecule has 3 aromatic rings. The van der Waals surface area contributed by atoms with E-state index in [-0.39, 0.29) is 11.6 Å². The number of nitrogens with two attached hydrogens (primary N) is 1. The van der Waals surface area contributed by atoms with Crippen LogP contribution in [0.3, 0.4) is 0 Å². The highest BCUT2D eigenvalue weighted by Gasteiger charge is 2.11. The predicted molar refractivity (Wildman–Crippen MR) is 69.3 cm³/mol. The van der Waals surface area contributed by atoms with Crippen LogP contribution in [-0.4, -0.2) is 14.6 Å². The Hall–Kier alpha value is -2.76. The maximum atomic E-state index is 12.9. The van der Waals surface area contributed by atoms with Crippen molar-refractivity contribution < 1.29 is 4.39 Å². The minimum atomic E-state index is -0.391. The van der Waals surface area contributed by atoms with Gasteiger partial charge in [-0.25, -0.2) is 19.0 Å². The zero-order chi connectivity index (χ0) is 13.4. The Bertz CT molecular complexity index is 811. The number of nitrogen functional groups attached to an aromatic ring is 1. The zero-order valence-corrected chi connectivity index (χ0v) is 9.75. The largest absolute Gasteiger partial charge is 0.334 e. The van der Waals surface area contributed by atoms with E-state index in [4.69, 9.17) is 5.84 Å². The van der Waals surface area contributed by atoms with E-state index in [9.17, 15) is 9.18 Å². The van der Waals surface area contributed by atoms with Crippen LogP contribution >= 0.6 is 0 Å². The van der Waals surface area contributed by atoms with Crippen LogP contribution in [0.1, 0.15) is 0 Å². The van der Waals surface area contributed by atoms with E-state index in [0.717, 1.165) is 4.68 Å². The van der Waals surface area contributed by atoms with Crippen LogP contribution in [-0.2, 0) is 0 Å². The van der Waals surface area contributed by atoms with Crippen LogP contribution in [0.2, 0.25) is 0 Å². The fourth-order valence-corrected chi connectivity index (χ4v) is 1.84. The molecule has 0 unspecified atom stereocenters. The molecule has 0 bridgehead atoms. The quantitative estimate of drug-likeness (QED) is 0.666. The van der Waals surface area contributed by atoms with Gasteiger partial charge in [0.2, 0.25) is 0 Å². The predicted octanol–water partition coefficient (Wildman–Crippen LogP) is 1.31. The van der Waals surface area contributed by atoms with Gasteiger partial charge in [0.05, 0.1) is 5.39 Å². The molecule has 0 saturated carbocycles. The van der Waals surface area contributed by atoms with Gasteiger partial charge in [-0.05, 0) is 36.4 Å². The maximum absolute atomic E-state index is 12.9. The summed E-state index contributed by atoms with van der Waals surface area (Å²) >= 11 is 0. The van der Waals surface area contributed by atoms with Gasteiger partial charge in [-0.15, -0.1) is 0 Å². The first-order valence-corrected chi connectivity index (χ1v) is 5.55. The van der Waals surface area contributed by atoms with Crippen molar-refractivity contribution in [3.63, 3.8) is 0 Å². The summed E-state index contributed by atoms with van der Waals surface area (Å²) in [5.41, 5.74) is 0.472. The van der Waals surface area contributed by atoms with Crippen LogP contribution in [0.5, 0.6) is 0 Å². The second-order valence-electron chi connectivity index (χ2n) is 3.99. The van der Waals surface area contributed by atoms with Crippen molar-refractivity contribution >= 4 is 11.0 Å². The molecule has 2 heterocycles. The van der Waals surface area contributed by atoms with Crippen LogP contribution in [0.4, 0.5) is 4.39 Å². The SMILES string of the molecule is Nn1c(-c2ccc(F)cc2)nc2ncccc2c1=O. The third-order valence-electron chi connectivity index (χ3n) is 2.78. The monoisotopic (exact) mass is 256 g/mol. The fourth-order valence-electron chi connectivity index (χ4n) is 1.84. The van der Waals surface area contributed by atoms with E-state index < -0.39 is 5.56 Å². The van der Waals surface area contributed by atoms with Gasteiger partial charge in [0.1, 0.15) is 5.82 Å². The Morgan fingerprint density at radius 2 is 1.89 bits per heavy atom. The normalized spacial score (nSPS) is 10.8. The summed E-state index contributed by atoms with van der Waals surface area (Å²) < 4.78 is 13.8. The van der Waals surface area contributed by atoms with Gasteiger partial charge in [-0.1, -0.05) is 0 Å². The third-order valence-corrected chi connectivity index (χ3v) is 2.78. The third kappa shape index (κ3) is 1.83. The van der Waals surface area contributed by atoms with Gasteiger partial charge in [0.25, 0.3) is 5.56 Å². The molecule has 2 aromatic heterocycles. The molecule has 5 nitrogen and oxygen atoms in total. The second-order valence-corrected chi connectivity index (χ2v) is 3.99. The molecule has 94 valence electrons. The molecular formula is C13H9FN4O. The van der Waals surface area contributed by atoms with Gasteiger partial charge in [-0.3, -0.25) is 4.79 Å². The number of fused-ring (bicyclic) bond motifs is 1. The number of benzene rings is 1. The van der Waals surface area contributed by atoms with Gasteiger partial charge in [0.15, 0.2) is 11.5 Å². The van der Waals surface area contributed by atoms with Crippen LogP contribution in [0.15, 0.2) is 47.4 Å². The summed E-state index contributed by atoms with van der Waals surface area (Å²) in [6.07, 6.45) is 1.55.